The van der Waals surface area contributed by atoms with Gasteiger partial charge in [-0.1, -0.05) is 6.07 Å². The Hall–Kier alpha value is -3.93. The first kappa shape index (κ1) is 24.7. The molecule has 6 heteroatoms. The molecule has 0 atom stereocenters. The number of nitrogens with zero attached hydrogens (tertiary/aromatic N) is 4. The number of aliphatic carboxylic acids is 1. The number of aryl methyl sites for hydroxylation is 3. The second-order valence-corrected chi connectivity index (χ2v) is 8.59. The lowest BCUT2D eigenvalue weighted by molar-refractivity contribution is -0.646. The summed E-state index contributed by atoms with van der Waals surface area (Å²) in [6.45, 7) is 7.37. The van der Waals surface area contributed by atoms with Crippen LogP contribution in [0.25, 0.3) is 28.9 Å². The fourth-order valence-electron chi connectivity index (χ4n) is 4.02. The summed E-state index contributed by atoms with van der Waals surface area (Å²) in [7, 11) is 6.26. The van der Waals surface area contributed by atoms with Crippen LogP contribution in [0.2, 0.25) is 0 Å². The molecule has 0 unspecified atom stereocenters. The minimum absolute atomic E-state index is 0.972. The molecule has 4 rings (SSSR count). The first-order chi connectivity index (χ1) is 16.1. The monoisotopic (exact) mass is 456 g/mol. The summed E-state index contributed by atoms with van der Waals surface area (Å²) in [4.78, 5) is 15.6. The molecule has 0 bridgehead atoms. The second-order valence-electron chi connectivity index (χ2n) is 8.59. The highest BCUT2D eigenvalue weighted by Crippen LogP contribution is 2.24. The Labute approximate surface area is 201 Å². The molecule has 176 valence electrons. The third-order valence-corrected chi connectivity index (χ3v) is 5.81. The van der Waals surface area contributed by atoms with Gasteiger partial charge in [0.2, 0.25) is 11.2 Å². The Balaban J connectivity index is 0.000000751. The molecule has 1 aromatic carbocycles. The minimum Gasteiger partial charge on any atom is -0.550 e. The number of carbonyl (C=O) groups is 1. The van der Waals surface area contributed by atoms with Crippen LogP contribution in [-0.4, -0.2) is 29.6 Å². The molecular weight excluding hydrogens is 424 g/mol. The van der Waals surface area contributed by atoms with Gasteiger partial charge in [0, 0.05) is 66.9 Å². The van der Waals surface area contributed by atoms with Crippen molar-refractivity contribution in [3.05, 3.63) is 82.9 Å². The molecular formula is C28H32N4O2. The van der Waals surface area contributed by atoms with Gasteiger partial charge in [-0.15, -0.1) is 0 Å². The Bertz CT molecular complexity index is 1360. The molecule has 0 fully saturated rings. The number of rotatable bonds is 4. The number of hydrogen-bond donors (Lipinski definition) is 0. The number of benzene rings is 1. The Morgan fingerprint density at radius 1 is 1.06 bits per heavy atom. The number of carboxylic acid groups (broad SMARTS) is 1. The number of pyridine rings is 2. The van der Waals surface area contributed by atoms with E-state index < -0.39 is 5.97 Å². The predicted octanol–water partition coefficient (Wildman–Crippen LogP) is 3.77. The normalized spacial score (nSPS) is 10.9. The van der Waals surface area contributed by atoms with E-state index in [1.54, 1.807) is 0 Å². The maximum Gasteiger partial charge on any atom is 0.212 e. The lowest BCUT2D eigenvalue weighted by atomic mass is 10.1. The molecule has 0 aliphatic heterocycles. The van der Waals surface area contributed by atoms with Gasteiger partial charge in [-0.25, -0.2) is 4.98 Å². The van der Waals surface area contributed by atoms with Crippen LogP contribution >= 0.6 is 0 Å². The van der Waals surface area contributed by atoms with E-state index in [1.165, 1.54) is 44.8 Å². The van der Waals surface area contributed by atoms with Gasteiger partial charge in [0.05, 0.1) is 0 Å². The second kappa shape index (κ2) is 10.3. The van der Waals surface area contributed by atoms with E-state index in [0.717, 1.165) is 12.7 Å². The number of anilines is 1. The number of carbonyl (C=O) groups excluding carboxylic acids is 1. The molecule has 6 nitrogen and oxygen atoms in total. The highest BCUT2D eigenvalue weighted by Gasteiger charge is 2.13. The molecule has 0 amide bonds. The third-order valence-electron chi connectivity index (χ3n) is 5.81. The Morgan fingerprint density at radius 3 is 2.41 bits per heavy atom. The number of aromatic nitrogens is 3. The zero-order chi connectivity index (χ0) is 25.0. The van der Waals surface area contributed by atoms with Gasteiger partial charge in [-0.2, -0.15) is 4.57 Å². The van der Waals surface area contributed by atoms with E-state index in [0.29, 0.717) is 0 Å². The summed E-state index contributed by atoms with van der Waals surface area (Å²) in [5.74, 6) is -0.0832. The molecule has 0 saturated carbocycles. The molecule has 34 heavy (non-hydrogen) atoms. The summed E-state index contributed by atoms with van der Waals surface area (Å²) in [5.41, 5.74) is 8.37. The van der Waals surface area contributed by atoms with Crippen molar-refractivity contribution in [2.75, 3.05) is 19.0 Å². The molecule has 4 aromatic rings. The van der Waals surface area contributed by atoms with Crippen molar-refractivity contribution in [1.29, 1.82) is 0 Å². The molecule has 0 aliphatic carbocycles. The van der Waals surface area contributed by atoms with Gasteiger partial charge in [0.1, 0.15) is 12.9 Å². The molecule has 0 saturated heterocycles. The van der Waals surface area contributed by atoms with Crippen molar-refractivity contribution in [3.8, 4) is 5.82 Å². The third kappa shape index (κ3) is 5.34. The van der Waals surface area contributed by atoms with Gasteiger partial charge in [-0.05, 0) is 75.2 Å². The molecule has 0 N–H and O–H groups in total. The van der Waals surface area contributed by atoms with Crippen molar-refractivity contribution in [1.82, 2.24) is 9.55 Å². The lowest BCUT2D eigenvalue weighted by Gasteiger charge is -2.12. The largest absolute Gasteiger partial charge is 0.550 e. The number of carboxylic acids is 1. The van der Waals surface area contributed by atoms with E-state index >= 15 is 0 Å². The van der Waals surface area contributed by atoms with Crippen LogP contribution in [0.3, 0.4) is 0 Å². The van der Waals surface area contributed by atoms with Crippen LogP contribution in [0.4, 0.5) is 5.69 Å². The molecule has 0 radical (unpaired) electrons. The summed E-state index contributed by atoms with van der Waals surface area (Å²) in [5, 5.41) is 10.1. The number of hydrogen-bond acceptors (Lipinski definition) is 4. The maximum absolute atomic E-state index is 8.89. The molecule has 0 spiro atoms. The average molecular weight is 457 g/mol. The van der Waals surface area contributed by atoms with Crippen LogP contribution < -0.4 is 14.6 Å². The lowest BCUT2D eigenvalue weighted by Crippen LogP contribution is -2.32. The van der Waals surface area contributed by atoms with Gasteiger partial charge in [-0.3, -0.25) is 0 Å². The fraction of sp³-hybridized carbons (Fsp3) is 0.250. The van der Waals surface area contributed by atoms with E-state index in [-0.39, 0.29) is 0 Å². The van der Waals surface area contributed by atoms with Gasteiger partial charge >= 0.3 is 0 Å². The molecule has 3 aromatic heterocycles. The molecule has 0 aliphatic rings. The zero-order valence-electron chi connectivity index (χ0n) is 21.0. The fourth-order valence-corrected chi connectivity index (χ4v) is 4.02. The smallest absolute Gasteiger partial charge is 0.212 e. The standard InChI is InChI=1S/C26H29N4.C2H4O2/c1-18-8-7-15-27-26(18)30-19(2)16-21(20(30)3)9-11-23-12-10-22-17-24(28(4)5)13-14-25(22)29(23)6;1-2(3)4/h7-17H,1-6H3;1H3,(H,3,4)/q+1;/p-1. The van der Waals surface area contributed by atoms with Crippen molar-refractivity contribution in [3.63, 3.8) is 0 Å². The first-order valence-electron chi connectivity index (χ1n) is 11.2. The average Bonchev–Trinajstić information content (AvgIpc) is 3.06. The summed E-state index contributed by atoms with van der Waals surface area (Å²) in [6.07, 6.45) is 6.25. The van der Waals surface area contributed by atoms with Crippen molar-refractivity contribution < 1.29 is 14.5 Å². The van der Waals surface area contributed by atoms with E-state index in [9.17, 15) is 0 Å². The SMILES string of the molecule is CC(=O)[O-].Cc1cccnc1-n1c(C)cc(/C=C/c2ccc3cc(N(C)C)ccc3[n+]2C)c1C. The van der Waals surface area contributed by atoms with Gasteiger partial charge in [0.25, 0.3) is 0 Å². The van der Waals surface area contributed by atoms with Crippen LogP contribution in [-0.2, 0) is 11.8 Å². The zero-order valence-corrected chi connectivity index (χ0v) is 21.0. The highest BCUT2D eigenvalue weighted by molar-refractivity contribution is 5.81. The van der Waals surface area contributed by atoms with E-state index in [2.05, 4.69) is 116 Å². The molecule has 3 heterocycles. The van der Waals surface area contributed by atoms with Crippen molar-refractivity contribution >= 4 is 34.7 Å². The predicted molar refractivity (Wildman–Crippen MR) is 137 cm³/mol. The number of fused-ring (bicyclic) bond motifs is 1. The minimum atomic E-state index is -1.08. The summed E-state index contributed by atoms with van der Waals surface area (Å²) in [6, 6.07) is 17.3. The van der Waals surface area contributed by atoms with Crippen molar-refractivity contribution in [2.24, 2.45) is 7.05 Å². The Morgan fingerprint density at radius 2 is 1.76 bits per heavy atom. The van der Waals surface area contributed by atoms with Gasteiger partial charge < -0.3 is 19.4 Å². The van der Waals surface area contributed by atoms with E-state index in [4.69, 9.17) is 9.90 Å². The quantitative estimate of drug-likeness (QED) is 0.439. The maximum atomic E-state index is 8.89. The van der Waals surface area contributed by atoms with Crippen LogP contribution in [0.15, 0.2) is 54.7 Å². The summed E-state index contributed by atoms with van der Waals surface area (Å²) >= 11 is 0. The first-order valence-corrected chi connectivity index (χ1v) is 11.2. The van der Waals surface area contributed by atoms with Gasteiger partial charge in [0.15, 0.2) is 0 Å². The Kier molecular flexibility index (Phi) is 7.51. The van der Waals surface area contributed by atoms with Crippen LogP contribution in [0, 0.1) is 20.8 Å². The van der Waals surface area contributed by atoms with Crippen LogP contribution in [0.1, 0.15) is 35.1 Å². The van der Waals surface area contributed by atoms with Crippen LogP contribution in [0.5, 0.6) is 0 Å². The topological polar surface area (TPSA) is 65.1 Å². The summed E-state index contributed by atoms with van der Waals surface area (Å²) < 4.78 is 4.48. The van der Waals surface area contributed by atoms with Crippen molar-refractivity contribution in [2.45, 2.75) is 27.7 Å². The van der Waals surface area contributed by atoms with E-state index in [1.807, 2.05) is 12.3 Å². The highest BCUT2D eigenvalue weighted by atomic mass is 16.4.